The molecular weight excluding hydrogens is 354 g/mol. The van der Waals surface area contributed by atoms with Gasteiger partial charge in [-0.1, -0.05) is 24.3 Å². The van der Waals surface area contributed by atoms with Crippen molar-refractivity contribution in [2.24, 2.45) is 0 Å². The van der Waals surface area contributed by atoms with Crippen LogP contribution in [0.3, 0.4) is 0 Å². The number of benzene rings is 1. The van der Waals surface area contributed by atoms with Gasteiger partial charge in [-0.15, -0.1) is 0 Å². The number of amides is 1. The maximum absolute atomic E-state index is 13.1. The van der Waals surface area contributed by atoms with Crippen molar-refractivity contribution in [1.29, 1.82) is 0 Å². The molecule has 140 valence electrons. The highest BCUT2D eigenvalue weighted by Crippen LogP contribution is 2.23. The fourth-order valence-electron chi connectivity index (χ4n) is 3.47. The Morgan fingerprint density at radius 3 is 2.61 bits per heavy atom. The summed E-state index contributed by atoms with van der Waals surface area (Å²) in [4.78, 5) is 24.1. The second kappa shape index (κ2) is 6.94. The number of hydrogen-bond acceptors (Lipinski definition) is 4. The summed E-state index contributed by atoms with van der Waals surface area (Å²) in [6.45, 7) is 2.29. The van der Waals surface area contributed by atoms with Gasteiger partial charge in [-0.25, -0.2) is 9.97 Å². The van der Waals surface area contributed by atoms with Crippen molar-refractivity contribution in [3.63, 3.8) is 0 Å². The van der Waals surface area contributed by atoms with Crippen molar-refractivity contribution >= 4 is 11.4 Å². The first kappa shape index (κ1) is 16.7. The lowest BCUT2D eigenvalue weighted by Crippen LogP contribution is -2.40. The summed E-state index contributed by atoms with van der Waals surface area (Å²) < 4.78 is 9.23. The number of nitrogens with zero attached hydrogens (tertiary/aromatic N) is 5. The number of morpholine rings is 1. The maximum atomic E-state index is 13.1. The molecule has 3 aromatic heterocycles. The van der Waals surface area contributed by atoms with Gasteiger partial charge in [0.05, 0.1) is 18.7 Å². The van der Waals surface area contributed by atoms with Gasteiger partial charge in [-0.05, 0) is 24.3 Å². The number of hydrogen-bond donors (Lipinski definition) is 0. The largest absolute Gasteiger partial charge is 0.378 e. The maximum Gasteiger partial charge on any atom is 0.274 e. The van der Waals surface area contributed by atoms with Crippen LogP contribution in [0.5, 0.6) is 0 Å². The lowest BCUT2D eigenvalue weighted by atomic mass is 10.3. The number of para-hydroxylation sites is 1. The number of carbonyl (C=O) groups excluding carboxylic acids is 1. The molecule has 1 aliphatic heterocycles. The molecule has 1 aliphatic rings. The Labute approximate surface area is 161 Å². The zero-order chi connectivity index (χ0) is 18.9. The van der Waals surface area contributed by atoms with Crippen molar-refractivity contribution in [2.45, 2.75) is 0 Å². The molecule has 7 nitrogen and oxygen atoms in total. The minimum absolute atomic E-state index is 0.0688. The smallest absolute Gasteiger partial charge is 0.274 e. The monoisotopic (exact) mass is 373 g/mol. The van der Waals surface area contributed by atoms with E-state index in [0.717, 1.165) is 11.2 Å². The Balaban J connectivity index is 1.57. The molecule has 1 amide bonds. The third-order valence-corrected chi connectivity index (χ3v) is 4.92. The molecule has 0 spiro atoms. The second-order valence-corrected chi connectivity index (χ2v) is 6.65. The van der Waals surface area contributed by atoms with Gasteiger partial charge >= 0.3 is 0 Å². The van der Waals surface area contributed by atoms with Crippen molar-refractivity contribution in [3.8, 4) is 17.2 Å². The summed E-state index contributed by atoms with van der Waals surface area (Å²) >= 11 is 0. The highest BCUT2D eigenvalue weighted by atomic mass is 16.5. The molecule has 0 saturated carbocycles. The molecule has 0 atom stereocenters. The molecule has 1 fully saturated rings. The van der Waals surface area contributed by atoms with E-state index in [0.29, 0.717) is 43.5 Å². The molecule has 0 radical (unpaired) electrons. The fraction of sp³-hybridized carbons (Fsp3) is 0.190. The Kier molecular flexibility index (Phi) is 4.14. The van der Waals surface area contributed by atoms with E-state index in [9.17, 15) is 4.79 Å². The predicted molar refractivity (Wildman–Crippen MR) is 104 cm³/mol. The lowest BCUT2D eigenvalue weighted by molar-refractivity contribution is 0.0301. The number of aromatic nitrogens is 4. The summed E-state index contributed by atoms with van der Waals surface area (Å²) in [5.74, 6) is 0.586. The summed E-state index contributed by atoms with van der Waals surface area (Å²) in [6.07, 6.45) is 5.60. The van der Waals surface area contributed by atoms with Crippen LogP contribution in [-0.2, 0) is 4.74 Å². The van der Waals surface area contributed by atoms with Crippen LogP contribution in [0.1, 0.15) is 10.5 Å². The molecule has 0 N–H and O–H groups in total. The zero-order valence-electron chi connectivity index (χ0n) is 15.2. The third-order valence-electron chi connectivity index (χ3n) is 4.92. The van der Waals surface area contributed by atoms with Crippen molar-refractivity contribution in [3.05, 3.63) is 72.9 Å². The van der Waals surface area contributed by atoms with E-state index in [-0.39, 0.29) is 5.91 Å². The molecule has 0 aliphatic carbocycles. The normalized spacial score (nSPS) is 14.5. The van der Waals surface area contributed by atoms with E-state index in [1.54, 1.807) is 11.2 Å². The SMILES string of the molecule is O=C(c1nc(-c2cn(-c3ccccc3)cn2)n2ccccc12)N1CCOCC1. The van der Waals surface area contributed by atoms with E-state index < -0.39 is 0 Å². The number of fused-ring (bicyclic) bond motifs is 1. The molecule has 5 rings (SSSR count). The van der Waals surface area contributed by atoms with Crippen molar-refractivity contribution in [1.82, 2.24) is 23.8 Å². The fourth-order valence-corrected chi connectivity index (χ4v) is 3.47. The molecule has 4 heterocycles. The first-order chi connectivity index (χ1) is 13.8. The van der Waals surface area contributed by atoms with Crippen LogP contribution in [0.25, 0.3) is 22.7 Å². The van der Waals surface area contributed by atoms with Gasteiger partial charge in [0, 0.05) is 31.2 Å². The van der Waals surface area contributed by atoms with Crippen LogP contribution >= 0.6 is 0 Å². The minimum Gasteiger partial charge on any atom is -0.378 e. The highest BCUT2D eigenvalue weighted by Gasteiger charge is 2.25. The van der Waals surface area contributed by atoms with E-state index in [4.69, 9.17) is 9.72 Å². The number of ether oxygens (including phenoxy) is 1. The van der Waals surface area contributed by atoms with Gasteiger partial charge in [-0.3, -0.25) is 9.20 Å². The number of carbonyl (C=O) groups is 1. The zero-order valence-corrected chi connectivity index (χ0v) is 15.2. The number of imidazole rings is 2. The first-order valence-corrected chi connectivity index (χ1v) is 9.25. The van der Waals surface area contributed by atoms with E-state index in [2.05, 4.69) is 4.98 Å². The Hall–Kier alpha value is -3.45. The van der Waals surface area contributed by atoms with E-state index in [1.165, 1.54) is 0 Å². The molecule has 4 aromatic rings. The molecule has 7 heteroatoms. The average Bonchev–Trinajstić information content (AvgIpc) is 3.40. The molecule has 28 heavy (non-hydrogen) atoms. The van der Waals surface area contributed by atoms with E-state index in [1.807, 2.05) is 69.9 Å². The Morgan fingerprint density at radius 2 is 1.79 bits per heavy atom. The van der Waals surface area contributed by atoms with Crippen LogP contribution < -0.4 is 0 Å². The summed E-state index contributed by atoms with van der Waals surface area (Å²) in [5, 5.41) is 0. The summed E-state index contributed by atoms with van der Waals surface area (Å²) in [7, 11) is 0. The van der Waals surface area contributed by atoms with Gasteiger partial charge in [0.25, 0.3) is 5.91 Å². The second-order valence-electron chi connectivity index (χ2n) is 6.65. The third kappa shape index (κ3) is 2.86. The first-order valence-electron chi connectivity index (χ1n) is 9.25. The number of pyridine rings is 1. The average molecular weight is 373 g/mol. The summed E-state index contributed by atoms with van der Waals surface area (Å²) in [6, 6.07) is 15.7. The quantitative estimate of drug-likeness (QED) is 0.554. The molecule has 1 aromatic carbocycles. The van der Waals surface area contributed by atoms with Crippen molar-refractivity contribution < 1.29 is 9.53 Å². The van der Waals surface area contributed by atoms with Gasteiger partial charge in [-0.2, -0.15) is 0 Å². The van der Waals surface area contributed by atoms with E-state index >= 15 is 0 Å². The van der Waals surface area contributed by atoms with Gasteiger partial charge < -0.3 is 14.2 Å². The van der Waals surface area contributed by atoms with Crippen LogP contribution in [0, 0.1) is 0 Å². The van der Waals surface area contributed by atoms with Crippen LogP contribution in [0.4, 0.5) is 0 Å². The lowest BCUT2D eigenvalue weighted by Gasteiger charge is -2.26. The standard InChI is InChI=1S/C21H19N5O2/c27-21(24-10-12-28-13-11-24)19-18-8-4-5-9-26(18)20(23-19)17-14-25(15-22-17)16-6-2-1-3-7-16/h1-9,14-15H,10-13H2. The minimum atomic E-state index is -0.0688. The molecule has 0 bridgehead atoms. The van der Waals surface area contributed by atoms with Gasteiger partial charge in [0.1, 0.15) is 12.0 Å². The van der Waals surface area contributed by atoms with Gasteiger partial charge in [0.2, 0.25) is 0 Å². The molecule has 0 unspecified atom stereocenters. The molecular formula is C21H19N5O2. The van der Waals surface area contributed by atoms with Crippen LogP contribution in [-0.4, -0.2) is 56.0 Å². The number of rotatable bonds is 3. The molecule has 1 saturated heterocycles. The Bertz CT molecular complexity index is 1130. The predicted octanol–water partition coefficient (Wildman–Crippen LogP) is 2.66. The van der Waals surface area contributed by atoms with Crippen molar-refractivity contribution in [2.75, 3.05) is 26.3 Å². The summed E-state index contributed by atoms with van der Waals surface area (Å²) in [5.41, 5.74) is 2.97. The van der Waals surface area contributed by atoms with Gasteiger partial charge in [0.15, 0.2) is 11.5 Å². The van der Waals surface area contributed by atoms with Crippen LogP contribution in [0.15, 0.2) is 67.3 Å². The van der Waals surface area contributed by atoms with Crippen LogP contribution in [0.2, 0.25) is 0 Å². The highest BCUT2D eigenvalue weighted by molar-refractivity contribution is 6.00. The Morgan fingerprint density at radius 1 is 1.00 bits per heavy atom. The topological polar surface area (TPSA) is 64.7 Å².